The number of benzene rings is 3. The first kappa shape index (κ1) is 29.7. The number of rotatable bonds is 5. The molecule has 11 heteroatoms. The van der Waals surface area contributed by atoms with Gasteiger partial charge in [-0.3, -0.25) is 23.7 Å². The third-order valence-corrected chi connectivity index (χ3v) is 10.8. The maximum Gasteiger partial charge on any atom is 0.308 e. The third-order valence-electron chi connectivity index (χ3n) is 7.70. The van der Waals surface area contributed by atoms with Crippen molar-refractivity contribution in [2.45, 2.75) is 48.9 Å². The van der Waals surface area contributed by atoms with Gasteiger partial charge in [0.05, 0.1) is 16.6 Å². The average Bonchev–Trinajstić information content (AvgIpc) is 3.40. The summed E-state index contributed by atoms with van der Waals surface area (Å²) in [5, 5.41) is 3.59. The number of aromatic nitrogens is 1. The Balaban J connectivity index is 1.41. The van der Waals surface area contributed by atoms with Gasteiger partial charge in [0.25, 0.3) is 0 Å². The summed E-state index contributed by atoms with van der Waals surface area (Å²) in [6.07, 6.45) is 0. The Bertz CT molecular complexity index is 1790. The Morgan fingerprint density at radius 3 is 2.07 bits per heavy atom. The van der Waals surface area contributed by atoms with Crippen LogP contribution in [-0.4, -0.2) is 27.5 Å². The zero-order valence-electron chi connectivity index (χ0n) is 23.5. The molecule has 3 atom stereocenters. The lowest BCUT2D eigenvalue weighted by Gasteiger charge is -2.31. The van der Waals surface area contributed by atoms with Crippen LogP contribution in [0.1, 0.15) is 42.7 Å². The number of anilines is 2. The molecular formula is C32H27Cl2N3O4S2. The summed E-state index contributed by atoms with van der Waals surface area (Å²) in [5.41, 5.74) is 2.87. The Morgan fingerprint density at radius 1 is 0.860 bits per heavy atom. The molecular weight excluding hydrogens is 625 g/mol. The van der Waals surface area contributed by atoms with Gasteiger partial charge >= 0.3 is 4.87 Å². The maximum atomic E-state index is 14.1. The predicted molar refractivity (Wildman–Crippen MR) is 173 cm³/mol. The molecule has 7 nitrogen and oxygen atoms in total. The summed E-state index contributed by atoms with van der Waals surface area (Å²) in [7, 11) is 0. The largest absolute Gasteiger partial charge is 0.325 e. The standard InChI is InChI=1S/C32H27Cl2N3O4S2/c1-32(2,3)18-6-4-17(5-7-18)24-25-26(29(40)37(28(25)39)22-14-10-20(34)11-15-22)42-30-27(24)43-31(41)36(30)16-23(38)35-21-12-8-19(33)9-13-21/h4-15,24-26H,16H2,1-3H3,(H,35,38)/t24-,25?,26?/m1/s1. The summed E-state index contributed by atoms with van der Waals surface area (Å²) >= 11 is 14.2. The summed E-state index contributed by atoms with van der Waals surface area (Å²) in [6, 6.07) is 21.3. The zero-order valence-corrected chi connectivity index (χ0v) is 26.6. The van der Waals surface area contributed by atoms with Crippen LogP contribution in [0.4, 0.5) is 11.4 Å². The van der Waals surface area contributed by atoms with Crippen LogP contribution in [0.3, 0.4) is 0 Å². The van der Waals surface area contributed by atoms with E-state index in [2.05, 4.69) is 26.1 Å². The van der Waals surface area contributed by atoms with Crippen LogP contribution in [0.2, 0.25) is 10.0 Å². The van der Waals surface area contributed by atoms with Gasteiger partial charge < -0.3 is 5.32 Å². The first-order chi connectivity index (χ1) is 20.4. The van der Waals surface area contributed by atoms with Gasteiger partial charge in [0, 0.05) is 26.5 Å². The number of thiazole rings is 1. The lowest BCUT2D eigenvalue weighted by Crippen LogP contribution is -2.33. The van der Waals surface area contributed by atoms with Crippen molar-refractivity contribution in [2.75, 3.05) is 10.2 Å². The number of hydrogen-bond acceptors (Lipinski definition) is 6. The number of nitrogens with one attached hydrogen (secondary N) is 1. The smallest absolute Gasteiger partial charge is 0.308 e. The SMILES string of the molecule is CC(C)(C)c1ccc([C@H]2c3sc(=O)n(CC(=O)Nc4ccc(Cl)cc4)c3SC3C(=O)N(c4ccc(Cl)cc4)C(=O)C32)cc1. The van der Waals surface area contributed by atoms with Crippen LogP contribution < -0.4 is 15.1 Å². The molecule has 1 fully saturated rings. The van der Waals surface area contributed by atoms with E-state index in [4.69, 9.17) is 23.2 Å². The monoisotopic (exact) mass is 651 g/mol. The highest BCUT2D eigenvalue weighted by Gasteiger charge is 2.56. The van der Waals surface area contributed by atoms with Crippen molar-refractivity contribution in [3.05, 3.63) is 109 Å². The van der Waals surface area contributed by atoms with Crippen molar-refractivity contribution >= 4 is 75.4 Å². The van der Waals surface area contributed by atoms with Gasteiger partial charge in [-0.15, -0.1) is 0 Å². The number of hydrogen-bond donors (Lipinski definition) is 1. The van der Waals surface area contributed by atoms with Gasteiger partial charge in [-0.1, -0.05) is 91.3 Å². The molecule has 220 valence electrons. The van der Waals surface area contributed by atoms with Gasteiger partial charge in [0.1, 0.15) is 11.8 Å². The highest BCUT2D eigenvalue weighted by atomic mass is 35.5. The molecule has 1 N–H and O–H groups in total. The van der Waals surface area contributed by atoms with E-state index in [1.54, 1.807) is 48.5 Å². The molecule has 2 unspecified atom stereocenters. The quantitative estimate of drug-likeness (QED) is 0.236. The number of carbonyl (C=O) groups excluding carboxylic acids is 3. The molecule has 0 saturated carbocycles. The number of thioether (sulfide) groups is 1. The number of nitrogens with zero attached hydrogens (tertiary/aromatic N) is 2. The molecule has 3 aromatic carbocycles. The van der Waals surface area contributed by atoms with Gasteiger partial charge in [0.2, 0.25) is 17.7 Å². The van der Waals surface area contributed by atoms with Crippen LogP contribution in [-0.2, 0) is 26.3 Å². The minimum absolute atomic E-state index is 0.0786. The van der Waals surface area contributed by atoms with Crippen molar-refractivity contribution in [1.82, 2.24) is 4.57 Å². The van der Waals surface area contributed by atoms with Gasteiger partial charge in [-0.25, -0.2) is 4.90 Å². The fraction of sp³-hybridized carbons (Fsp3) is 0.250. The fourth-order valence-corrected chi connectivity index (χ4v) is 8.55. The Morgan fingerprint density at radius 2 is 1.47 bits per heavy atom. The summed E-state index contributed by atoms with van der Waals surface area (Å²) in [4.78, 5) is 56.0. The fourth-order valence-electron chi connectivity index (χ4n) is 5.53. The molecule has 0 radical (unpaired) electrons. The van der Waals surface area contributed by atoms with Crippen molar-refractivity contribution in [3.8, 4) is 0 Å². The van der Waals surface area contributed by atoms with E-state index in [1.807, 2.05) is 24.3 Å². The van der Waals surface area contributed by atoms with Crippen LogP contribution in [0.25, 0.3) is 0 Å². The third kappa shape index (κ3) is 5.55. The van der Waals surface area contributed by atoms with Crippen LogP contribution in [0.5, 0.6) is 0 Å². The molecule has 0 bridgehead atoms. The van der Waals surface area contributed by atoms with Crippen molar-refractivity contribution in [1.29, 1.82) is 0 Å². The van der Waals surface area contributed by atoms with Crippen molar-refractivity contribution in [2.24, 2.45) is 5.92 Å². The Labute approximate surface area is 266 Å². The van der Waals surface area contributed by atoms with E-state index in [0.29, 0.717) is 31.3 Å². The maximum absolute atomic E-state index is 14.1. The van der Waals surface area contributed by atoms with Crippen molar-refractivity contribution < 1.29 is 14.4 Å². The molecule has 1 saturated heterocycles. The van der Waals surface area contributed by atoms with E-state index >= 15 is 0 Å². The lowest BCUT2D eigenvalue weighted by molar-refractivity contribution is -0.122. The summed E-state index contributed by atoms with van der Waals surface area (Å²) < 4.78 is 1.41. The molecule has 4 aromatic rings. The predicted octanol–water partition coefficient (Wildman–Crippen LogP) is 6.95. The number of imide groups is 1. The van der Waals surface area contributed by atoms with Crippen LogP contribution in [0.15, 0.2) is 82.6 Å². The second-order valence-corrected chi connectivity index (χ2v) is 14.6. The minimum Gasteiger partial charge on any atom is -0.325 e. The van der Waals surface area contributed by atoms with E-state index in [0.717, 1.165) is 22.5 Å². The highest BCUT2D eigenvalue weighted by Crippen LogP contribution is 2.54. The average molecular weight is 653 g/mol. The molecule has 1 aromatic heterocycles. The van der Waals surface area contributed by atoms with E-state index in [-0.39, 0.29) is 28.6 Å². The molecule has 43 heavy (non-hydrogen) atoms. The van der Waals surface area contributed by atoms with Crippen LogP contribution in [0, 0.1) is 5.92 Å². The molecule has 3 heterocycles. The molecule has 3 amide bonds. The number of carbonyl (C=O) groups is 3. The molecule has 0 spiro atoms. The Hall–Kier alpha value is -3.37. The summed E-state index contributed by atoms with van der Waals surface area (Å²) in [5.74, 6) is -2.35. The Kier molecular flexibility index (Phi) is 7.79. The van der Waals surface area contributed by atoms with Crippen LogP contribution >= 0.6 is 46.3 Å². The highest BCUT2D eigenvalue weighted by molar-refractivity contribution is 8.00. The van der Waals surface area contributed by atoms with E-state index in [1.165, 1.54) is 21.2 Å². The topological polar surface area (TPSA) is 88.5 Å². The van der Waals surface area contributed by atoms with Gasteiger partial charge in [0.15, 0.2) is 0 Å². The second kappa shape index (κ2) is 11.3. The van der Waals surface area contributed by atoms with Gasteiger partial charge in [-0.05, 0) is 65.1 Å². The first-order valence-corrected chi connectivity index (χ1v) is 16.1. The second-order valence-electron chi connectivity index (χ2n) is 11.6. The van der Waals surface area contributed by atoms with Gasteiger partial charge in [-0.2, -0.15) is 0 Å². The molecule has 2 aliphatic rings. The number of amides is 3. The summed E-state index contributed by atoms with van der Waals surface area (Å²) in [6.45, 7) is 6.13. The first-order valence-electron chi connectivity index (χ1n) is 13.6. The van der Waals surface area contributed by atoms with E-state index < -0.39 is 23.0 Å². The number of fused-ring (bicyclic) bond motifs is 2. The molecule has 2 aliphatic heterocycles. The normalized spacial score (nSPS) is 19.7. The zero-order chi connectivity index (χ0) is 30.6. The lowest BCUT2D eigenvalue weighted by atomic mass is 9.81. The van der Waals surface area contributed by atoms with E-state index in [9.17, 15) is 19.2 Å². The minimum atomic E-state index is -0.775. The molecule has 0 aliphatic carbocycles. The molecule has 6 rings (SSSR count). The van der Waals surface area contributed by atoms with Crippen molar-refractivity contribution in [3.63, 3.8) is 0 Å². The number of halogens is 2.